The van der Waals surface area contributed by atoms with Gasteiger partial charge in [-0.2, -0.15) is 0 Å². The van der Waals surface area contributed by atoms with E-state index in [1.165, 1.54) is 12.1 Å². The summed E-state index contributed by atoms with van der Waals surface area (Å²) in [5, 5.41) is 8.46. The van der Waals surface area contributed by atoms with E-state index >= 15 is 0 Å². The average molecular weight is 330 g/mol. The third-order valence-corrected chi connectivity index (χ3v) is 4.03. The number of ether oxygens (including phenoxy) is 1. The van der Waals surface area contributed by atoms with Crippen molar-refractivity contribution in [3.63, 3.8) is 0 Å². The molecule has 1 aliphatic rings. The monoisotopic (exact) mass is 330 g/mol. The first-order chi connectivity index (χ1) is 11.6. The number of aromatic nitrogens is 3. The van der Waals surface area contributed by atoms with Crippen molar-refractivity contribution in [2.24, 2.45) is 0 Å². The Morgan fingerprint density at radius 2 is 2.25 bits per heavy atom. The van der Waals surface area contributed by atoms with Crippen LogP contribution in [0, 0.1) is 12.7 Å². The molecule has 8 heteroatoms. The maximum atomic E-state index is 13.3. The maximum Gasteiger partial charge on any atom is 0.271 e. The van der Waals surface area contributed by atoms with Gasteiger partial charge in [-0.3, -0.25) is 4.79 Å². The summed E-state index contributed by atoms with van der Waals surface area (Å²) in [7, 11) is 0. The summed E-state index contributed by atoms with van der Waals surface area (Å²) in [6, 6.07) is 5.56. The second-order valence-electron chi connectivity index (χ2n) is 5.66. The van der Waals surface area contributed by atoms with E-state index in [1.54, 1.807) is 24.0 Å². The quantitative estimate of drug-likeness (QED) is 0.779. The van der Waals surface area contributed by atoms with E-state index in [4.69, 9.17) is 9.15 Å². The Labute approximate surface area is 136 Å². The molecule has 1 N–H and O–H groups in total. The van der Waals surface area contributed by atoms with Crippen molar-refractivity contribution in [3.8, 4) is 0 Å². The summed E-state index contributed by atoms with van der Waals surface area (Å²) in [5.41, 5.74) is 1.09. The van der Waals surface area contributed by atoms with Crippen LogP contribution in [0.4, 0.5) is 4.39 Å². The number of carbonyl (C=O) groups excluding carboxylic acids is 1. The molecule has 0 saturated carbocycles. The van der Waals surface area contributed by atoms with Crippen LogP contribution in [0.3, 0.4) is 0 Å². The third-order valence-electron chi connectivity index (χ3n) is 4.03. The zero-order valence-corrected chi connectivity index (χ0v) is 13.0. The van der Waals surface area contributed by atoms with Crippen LogP contribution in [0.15, 0.2) is 28.7 Å². The molecule has 24 heavy (non-hydrogen) atoms. The van der Waals surface area contributed by atoms with Crippen molar-refractivity contribution in [3.05, 3.63) is 47.6 Å². The van der Waals surface area contributed by atoms with Crippen LogP contribution in [0.2, 0.25) is 0 Å². The Bertz CT molecular complexity index is 904. The molecular weight excluding hydrogens is 315 g/mol. The molecule has 2 aromatic heterocycles. The van der Waals surface area contributed by atoms with Gasteiger partial charge in [0.05, 0.1) is 13.2 Å². The molecule has 1 fully saturated rings. The average Bonchev–Trinajstić information content (AvgIpc) is 3.20. The first-order valence-electron chi connectivity index (χ1n) is 7.59. The number of morpholine rings is 1. The van der Waals surface area contributed by atoms with Gasteiger partial charge in [-0.25, -0.2) is 4.39 Å². The van der Waals surface area contributed by atoms with Crippen LogP contribution in [-0.2, 0) is 4.74 Å². The van der Waals surface area contributed by atoms with E-state index in [2.05, 4.69) is 15.2 Å². The zero-order valence-electron chi connectivity index (χ0n) is 13.0. The highest BCUT2D eigenvalue weighted by Crippen LogP contribution is 2.26. The number of halogens is 1. The van der Waals surface area contributed by atoms with Gasteiger partial charge in [-0.05, 0) is 24.3 Å². The summed E-state index contributed by atoms with van der Waals surface area (Å²) < 4.78 is 24.2. The van der Waals surface area contributed by atoms with Gasteiger partial charge in [0.15, 0.2) is 0 Å². The van der Waals surface area contributed by atoms with Crippen molar-refractivity contribution >= 4 is 16.8 Å². The molecule has 124 valence electrons. The third kappa shape index (κ3) is 2.54. The summed E-state index contributed by atoms with van der Waals surface area (Å²) in [5.74, 6) is 0.230. The fourth-order valence-electron chi connectivity index (χ4n) is 2.87. The summed E-state index contributed by atoms with van der Waals surface area (Å²) in [4.78, 5) is 17.6. The molecule has 0 spiro atoms. The van der Waals surface area contributed by atoms with Crippen LogP contribution in [0.5, 0.6) is 0 Å². The molecule has 7 nitrogen and oxygen atoms in total. The minimum atomic E-state index is -0.435. The van der Waals surface area contributed by atoms with E-state index in [-0.39, 0.29) is 11.7 Å². The van der Waals surface area contributed by atoms with E-state index in [0.717, 1.165) is 0 Å². The molecule has 1 saturated heterocycles. The van der Waals surface area contributed by atoms with Gasteiger partial charge in [-0.1, -0.05) is 0 Å². The molecule has 1 atom stereocenters. The summed E-state index contributed by atoms with van der Waals surface area (Å²) in [6.07, 6.45) is 0. The number of benzene rings is 1. The smallest absolute Gasteiger partial charge is 0.271 e. The molecule has 0 bridgehead atoms. The normalized spacial score (nSPS) is 18.2. The van der Waals surface area contributed by atoms with E-state index < -0.39 is 6.04 Å². The SMILES string of the molecule is Cc1nnc(C2COCCN2C(=O)c2cc3cc(F)ccc3[nH]2)o1. The lowest BCUT2D eigenvalue weighted by Gasteiger charge is -2.33. The highest BCUT2D eigenvalue weighted by atomic mass is 19.1. The van der Waals surface area contributed by atoms with Crippen LogP contribution in [0.25, 0.3) is 10.9 Å². The minimum Gasteiger partial charge on any atom is -0.423 e. The highest BCUT2D eigenvalue weighted by Gasteiger charge is 2.33. The first-order valence-corrected chi connectivity index (χ1v) is 7.59. The molecule has 1 unspecified atom stereocenters. The van der Waals surface area contributed by atoms with Gasteiger partial charge in [-0.15, -0.1) is 10.2 Å². The molecule has 1 aromatic carbocycles. The Hall–Kier alpha value is -2.74. The number of rotatable bonds is 2. The Morgan fingerprint density at radius 3 is 3.04 bits per heavy atom. The standard InChI is InChI=1S/C16H15FN4O3/c1-9-19-20-15(24-9)14-8-23-5-4-21(14)16(22)13-7-10-6-11(17)2-3-12(10)18-13/h2-3,6-7,14,18H,4-5,8H2,1H3. The van der Waals surface area contributed by atoms with E-state index in [0.29, 0.717) is 48.1 Å². The van der Waals surface area contributed by atoms with Crippen LogP contribution >= 0.6 is 0 Å². The predicted octanol–water partition coefficient (Wildman–Crippen LogP) is 2.21. The van der Waals surface area contributed by atoms with E-state index in [1.807, 2.05) is 0 Å². The molecule has 1 aliphatic heterocycles. The first kappa shape index (κ1) is 14.8. The lowest BCUT2D eigenvalue weighted by molar-refractivity contribution is -0.0108. The minimum absolute atomic E-state index is 0.212. The highest BCUT2D eigenvalue weighted by molar-refractivity contribution is 5.98. The number of H-pyrrole nitrogens is 1. The number of nitrogens with zero attached hydrogens (tertiary/aromatic N) is 3. The number of nitrogens with one attached hydrogen (secondary N) is 1. The van der Waals surface area contributed by atoms with Gasteiger partial charge in [0, 0.05) is 24.4 Å². The molecule has 4 rings (SSSR count). The van der Waals surface area contributed by atoms with Crippen LogP contribution in [0.1, 0.15) is 28.3 Å². The molecular formula is C16H15FN4O3. The fourth-order valence-corrected chi connectivity index (χ4v) is 2.87. The second kappa shape index (κ2) is 5.72. The van der Waals surface area contributed by atoms with Crippen LogP contribution < -0.4 is 0 Å². The fraction of sp³-hybridized carbons (Fsp3) is 0.312. The van der Waals surface area contributed by atoms with E-state index in [9.17, 15) is 9.18 Å². The van der Waals surface area contributed by atoms with Gasteiger partial charge in [0.25, 0.3) is 5.91 Å². The molecule has 0 radical (unpaired) electrons. The van der Waals surface area contributed by atoms with Crippen molar-refractivity contribution in [1.82, 2.24) is 20.1 Å². The summed E-state index contributed by atoms with van der Waals surface area (Å²) in [6.45, 7) is 2.83. The second-order valence-corrected chi connectivity index (χ2v) is 5.66. The summed E-state index contributed by atoms with van der Waals surface area (Å²) >= 11 is 0. The van der Waals surface area contributed by atoms with Gasteiger partial charge in [0.1, 0.15) is 17.6 Å². The molecule has 1 amide bonds. The molecule has 0 aliphatic carbocycles. The number of hydrogen-bond donors (Lipinski definition) is 1. The number of fused-ring (bicyclic) bond motifs is 1. The number of carbonyl (C=O) groups is 1. The number of hydrogen-bond acceptors (Lipinski definition) is 5. The maximum absolute atomic E-state index is 13.3. The van der Waals surface area contributed by atoms with Crippen LogP contribution in [-0.4, -0.2) is 45.7 Å². The van der Waals surface area contributed by atoms with Crippen molar-refractivity contribution in [2.45, 2.75) is 13.0 Å². The zero-order chi connectivity index (χ0) is 16.7. The Kier molecular flexibility index (Phi) is 3.53. The molecule has 3 aromatic rings. The lowest BCUT2D eigenvalue weighted by atomic mass is 10.2. The van der Waals surface area contributed by atoms with Gasteiger partial charge < -0.3 is 19.0 Å². The van der Waals surface area contributed by atoms with Crippen molar-refractivity contribution < 1.29 is 18.3 Å². The molecule has 3 heterocycles. The largest absolute Gasteiger partial charge is 0.423 e. The Morgan fingerprint density at radius 1 is 1.38 bits per heavy atom. The number of amides is 1. The van der Waals surface area contributed by atoms with Gasteiger partial charge in [0.2, 0.25) is 11.8 Å². The number of aromatic amines is 1. The number of aryl methyl sites for hydroxylation is 1. The van der Waals surface area contributed by atoms with Crippen molar-refractivity contribution in [1.29, 1.82) is 0 Å². The lowest BCUT2D eigenvalue weighted by Crippen LogP contribution is -2.43. The Balaban J connectivity index is 1.67. The topological polar surface area (TPSA) is 84.3 Å². The van der Waals surface area contributed by atoms with Crippen molar-refractivity contribution in [2.75, 3.05) is 19.8 Å². The van der Waals surface area contributed by atoms with Gasteiger partial charge >= 0.3 is 0 Å². The predicted molar refractivity (Wildman–Crippen MR) is 81.9 cm³/mol.